The van der Waals surface area contributed by atoms with E-state index in [1.165, 1.54) is 5.56 Å². The van der Waals surface area contributed by atoms with Crippen molar-refractivity contribution < 1.29 is 19.4 Å². The fraction of sp³-hybridized carbons (Fsp3) is 0.500. The van der Waals surface area contributed by atoms with Crippen molar-refractivity contribution in [3.8, 4) is 5.75 Å². The molecule has 2 N–H and O–H groups in total. The van der Waals surface area contributed by atoms with Crippen LogP contribution in [0.1, 0.15) is 38.7 Å². The van der Waals surface area contributed by atoms with Crippen LogP contribution in [0.2, 0.25) is 0 Å². The fourth-order valence-corrected chi connectivity index (χ4v) is 5.14. The number of aliphatic hydroxyl groups is 1. The highest BCUT2D eigenvalue weighted by molar-refractivity contribution is 5.92. The summed E-state index contributed by atoms with van der Waals surface area (Å²) in [5, 5.41) is 15.7. The van der Waals surface area contributed by atoms with Crippen molar-refractivity contribution in [1.29, 1.82) is 0 Å². The van der Waals surface area contributed by atoms with Crippen LogP contribution >= 0.6 is 0 Å². The molecule has 38 heavy (non-hydrogen) atoms. The second-order valence-electron chi connectivity index (χ2n) is 10.5. The van der Waals surface area contributed by atoms with Crippen LogP contribution in [-0.2, 0) is 9.53 Å². The van der Waals surface area contributed by atoms with Crippen LogP contribution < -0.4 is 15.0 Å². The summed E-state index contributed by atoms with van der Waals surface area (Å²) in [6.07, 6.45) is 3.51. The van der Waals surface area contributed by atoms with Gasteiger partial charge in [-0.25, -0.2) is 9.97 Å². The molecule has 2 saturated heterocycles. The first-order valence-electron chi connectivity index (χ1n) is 13.2. The maximum atomic E-state index is 11.5. The van der Waals surface area contributed by atoms with Gasteiger partial charge in [-0.3, -0.25) is 4.79 Å². The monoisotopic (exact) mass is 520 g/mol. The van der Waals surface area contributed by atoms with E-state index < -0.39 is 6.10 Å². The van der Waals surface area contributed by atoms with Crippen molar-refractivity contribution in [2.45, 2.75) is 45.3 Å². The highest BCUT2D eigenvalue weighted by Crippen LogP contribution is 2.34. The summed E-state index contributed by atoms with van der Waals surface area (Å²) in [4.78, 5) is 29.0. The summed E-state index contributed by atoms with van der Waals surface area (Å²) < 4.78 is 11.5. The Labute approximate surface area is 223 Å². The molecular formula is C28H36N6O4. The van der Waals surface area contributed by atoms with Crippen LogP contribution in [0.15, 0.2) is 36.7 Å². The third-order valence-electron chi connectivity index (χ3n) is 7.40. The van der Waals surface area contributed by atoms with E-state index in [0.29, 0.717) is 55.5 Å². The molecule has 2 atom stereocenters. The number of hydrogen-bond acceptors (Lipinski definition) is 9. The maximum absolute atomic E-state index is 11.5. The van der Waals surface area contributed by atoms with Crippen molar-refractivity contribution in [3.63, 3.8) is 0 Å². The van der Waals surface area contributed by atoms with Crippen LogP contribution in [-0.4, -0.2) is 83.0 Å². The highest BCUT2D eigenvalue weighted by Gasteiger charge is 2.30. The van der Waals surface area contributed by atoms with E-state index in [4.69, 9.17) is 9.47 Å². The normalized spacial score (nSPS) is 20.1. The molecule has 3 aromatic rings. The number of carbonyl (C=O) groups excluding carboxylic acids is 1. The third kappa shape index (κ3) is 5.51. The Balaban J connectivity index is 1.33. The van der Waals surface area contributed by atoms with Gasteiger partial charge in [0.05, 0.1) is 18.8 Å². The zero-order valence-electron chi connectivity index (χ0n) is 22.4. The largest absolute Gasteiger partial charge is 0.492 e. The van der Waals surface area contributed by atoms with Crippen molar-refractivity contribution in [2.75, 3.05) is 50.1 Å². The number of β-amino-alcohol motifs (C(OH)–C–C–N with tert-alkyl or cyclic N) is 1. The van der Waals surface area contributed by atoms with Gasteiger partial charge in [-0.2, -0.15) is 4.98 Å². The quantitative estimate of drug-likeness (QED) is 0.462. The first kappa shape index (κ1) is 26.1. The van der Waals surface area contributed by atoms with Crippen molar-refractivity contribution in [1.82, 2.24) is 19.9 Å². The smallest absolute Gasteiger partial charge is 0.227 e. The molecule has 0 spiro atoms. The van der Waals surface area contributed by atoms with E-state index in [0.717, 1.165) is 29.6 Å². The maximum Gasteiger partial charge on any atom is 0.227 e. The summed E-state index contributed by atoms with van der Waals surface area (Å²) in [5.41, 5.74) is 1.21. The van der Waals surface area contributed by atoms with Gasteiger partial charge in [0.1, 0.15) is 17.4 Å². The molecule has 0 radical (unpaired) electrons. The van der Waals surface area contributed by atoms with Crippen LogP contribution in [0, 0.1) is 5.92 Å². The third-order valence-corrected chi connectivity index (χ3v) is 7.40. The number of ether oxygens (including phenoxy) is 2. The molecule has 10 heteroatoms. The minimum absolute atomic E-state index is 0.112. The topological polar surface area (TPSA) is 113 Å². The molecule has 1 amide bonds. The molecule has 5 rings (SSSR count). The van der Waals surface area contributed by atoms with Gasteiger partial charge in [0.25, 0.3) is 0 Å². The first-order chi connectivity index (χ1) is 18.3. The Bertz CT molecular complexity index is 1300. The second kappa shape index (κ2) is 11.1. The van der Waals surface area contributed by atoms with E-state index >= 15 is 0 Å². The predicted molar refractivity (Wildman–Crippen MR) is 146 cm³/mol. The van der Waals surface area contributed by atoms with E-state index in [-0.39, 0.29) is 12.0 Å². The molecule has 0 saturated carbocycles. The summed E-state index contributed by atoms with van der Waals surface area (Å²) in [6, 6.07) is 7.98. The van der Waals surface area contributed by atoms with Gasteiger partial charge in [-0.05, 0) is 41.5 Å². The minimum atomic E-state index is -0.584. The molecular weight excluding hydrogens is 484 g/mol. The number of amides is 1. The highest BCUT2D eigenvalue weighted by atomic mass is 16.5. The van der Waals surface area contributed by atoms with Crippen LogP contribution in [0.5, 0.6) is 5.75 Å². The number of rotatable bonds is 8. The molecule has 2 aliphatic heterocycles. The van der Waals surface area contributed by atoms with E-state index in [2.05, 4.69) is 40.2 Å². The van der Waals surface area contributed by atoms with E-state index in [1.54, 1.807) is 26.3 Å². The van der Waals surface area contributed by atoms with Crippen LogP contribution in [0.3, 0.4) is 0 Å². The summed E-state index contributed by atoms with van der Waals surface area (Å²) in [5.74, 6) is 3.44. The Morgan fingerprint density at radius 2 is 1.97 bits per heavy atom. The number of nitrogens with zero attached hydrogens (tertiary/aromatic N) is 5. The van der Waals surface area contributed by atoms with Gasteiger partial charge in [0, 0.05) is 63.9 Å². The van der Waals surface area contributed by atoms with Crippen molar-refractivity contribution >= 4 is 34.3 Å². The number of methoxy groups -OCH3 is 1. The van der Waals surface area contributed by atoms with Gasteiger partial charge >= 0.3 is 0 Å². The number of piperidine rings is 1. The molecule has 0 unspecified atom stereocenters. The van der Waals surface area contributed by atoms with Gasteiger partial charge in [-0.1, -0.05) is 19.9 Å². The Hall–Kier alpha value is -3.50. The molecule has 2 aliphatic rings. The lowest BCUT2D eigenvalue weighted by Gasteiger charge is -2.38. The Morgan fingerprint density at radius 1 is 1.16 bits per heavy atom. The van der Waals surface area contributed by atoms with Crippen LogP contribution in [0.4, 0.5) is 17.6 Å². The average molecular weight is 521 g/mol. The zero-order chi connectivity index (χ0) is 26.8. The van der Waals surface area contributed by atoms with Crippen molar-refractivity contribution in [2.24, 2.45) is 5.92 Å². The summed E-state index contributed by atoms with van der Waals surface area (Å²) >= 11 is 0. The predicted octanol–water partition coefficient (Wildman–Crippen LogP) is 3.33. The number of fused-ring (bicyclic) bond motifs is 1. The minimum Gasteiger partial charge on any atom is -0.492 e. The second-order valence-corrected chi connectivity index (χ2v) is 10.5. The number of aliphatic hydroxyl groups excluding tert-OH is 1. The number of nitrogens with one attached hydrogen (secondary N) is 1. The summed E-state index contributed by atoms with van der Waals surface area (Å²) in [7, 11) is 1.62. The number of pyridine rings is 1. The van der Waals surface area contributed by atoms with Gasteiger partial charge in [0.15, 0.2) is 0 Å². The van der Waals surface area contributed by atoms with Gasteiger partial charge < -0.3 is 29.7 Å². The lowest BCUT2D eigenvalue weighted by atomic mass is 9.96. The standard InChI is InChI=1S/C28H36N6O4/c1-17(2)20-5-6-24(38-16-19-13-34(14-19)18(3)35)22-12-30-27(11-21(20)22)31-26-7-9-29-28(32-26)33-10-8-25(37-4)23(36)15-33/h5-7,9,11-12,17,19,23,25,36H,8,10,13-16H2,1-4H3,(H,29,30,31,32)/t23-,25+/m1/s1. The van der Waals surface area contributed by atoms with Gasteiger partial charge in [0.2, 0.25) is 11.9 Å². The van der Waals surface area contributed by atoms with Gasteiger partial charge in [-0.15, -0.1) is 0 Å². The SMILES string of the molecule is CO[C@H]1CCN(c2nccc(Nc3cc4c(C(C)C)ccc(OCC5CN(C(C)=O)C5)c4cn3)n2)C[C@H]1O. The van der Waals surface area contributed by atoms with Crippen molar-refractivity contribution in [3.05, 3.63) is 42.2 Å². The molecule has 1 aromatic carbocycles. The Morgan fingerprint density at radius 3 is 2.68 bits per heavy atom. The lowest BCUT2D eigenvalue weighted by Crippen LogP contribution is -2.51. The van der Waals surface area contributed by atoms with E-state index in [1.807, 2.05) is 28.1 Å². The van der Waals surface area contributed by atoms with E-state index in [9.17, 15) is 9.90 Å². The molecule has 0 aliphatic carbocycles. The average Bonchev–Trinajstić information content (AvgIpc) is 2.87. The molecule has 0 bridgehead atoms. The zero-order valence-corrected chi connectivity index (χ0v) is 22.4. The number of carbonyl (C=O) groups is 1. The molecule has 2 aromatic heterocycles. The molecule has 10 nitrogen and oxygen atoms in total. The Kier molecular flexibility index (Phi) is 7.62. The number of hydrogen-bond donors (Lipinski definition) is 2. The number of likely N-dealkylation sites (tertiary alicyclic amines) is 1. The fourth-order valence-electron chi connectivity index (χ4n) is 5.14. The lowest BCUT2D eigenvalue weighted by molar-refractivity contribution is -0.135. The number of benzene rings is 1. The molecule has 4 heterocycles. The molecule has 202 valence electrons. The molecule has 2 fully saturated rings. The summed E-state index contributed by atoms with van der Waals surface area (Å²) in [6.45, 7) is 9.13. The van der Waals surface area contributed by atoms with Crippen LogP contribution in [0.25, 0.3) is 10.8 Å². The number of anilines is 3. The number of aromatic nitrogens is 3. The first-order valence-corrected chi connectivity index (χ1v) is 13.2.